The highest BCUT2D eigenvalue weighted by Gasteiger charge is 2.28. The molecule has 0 aliphatic heterocycles. The van der Waals surface area contributed by atoms with Gasteiger partial charge in [-0.1, -0.05) is 12.1 Å². The minimum Gasteiger partial charge on any atom is -0.444 e. The van der Waals surface area contributed by atoms with Crippen LogP contribution in [0.2, 0.25) is 0 Å². The number of aliphatic hydroxyl groups is 1. The Kier molecular flexibility index (Phi) is 5.28. The summed E-state index contributed by atoms with van der Waals surface area (Å²) in [6.07, 6.45) is 1.52. The fourth-order valence-electron chi connectivity index (χ4n) is 2.03. The number of pyridine rings is 2. The number of nitrogens with one attached hydrogen (secondary N) is 1. The number of hydrogen-bond acceptors (Lipinski definition) is 5. The highest BCUT2D eigenvalue weighted by Crippen LogP contribution is 2.26. The van der Waals surface area contributed by atoms with Gasteiger partial charge in [0.25, 0.3) is 0 Å². The first-order valence-corrected chi connectivity index (χ1v) is 7.36. The molecule has 2 atom stereocenters. The number of ether oxygens (including phenoxy) is 1. The lowest BCUT2D eigenvalue weighted by Crippen LogP contribution is -2.37. The van der Waals surface area contributed by atoms with Crippen LogP contribution in [0.5, 0.6) is 0 Å². The van der Waals surface area contributed by atoms with E-state index in [-0.39, 0.29) is 0 Å². The number of rotatable bonds is 4. The van der Waals surface area contributed by atoms with Crippen LogP contribution in [0.3, 0.4) is 0 Å². The predicted octanol–water partition coefficient (Wildman–Crippen LogP) is 2.78. The average molecular weight is 315 g/mol. The van der Waals surface area contributed by atoms with Crippen molar-refractivity contribution in [1.29, 1.82) is 0 Å². The quantitative estimate of drug-likeness (QED) is 0.906. The number of carbonyl (C=O) groups is 1. The minimum atomic E-state index is -1.04. The van der Waals surface area contributed by atoms with Gasteiger partial charge >= 0.3 is 6.09 Å². The number of carbonyl (C=O) groups excluding carboxylic acids is 1. The summed E-state index contributed by atoms with van der Waals surface area (Å²) in [5, 5.41) is 13.3. The first-order chi connectivity index (χ1) is 10.9. The van der Waals surface area contributed by atoms with Crippen molar-refractivity contribution in [3.8, 4) is 0 Å². The van der Waals surface area contributed by atoms with Crippen LogP contribution in [0, 0.1) is 0 Å². The van der Waals surface area contributed by atoms with Crippen LogP contribution >= 0.6 is 0 Å². The van der Waals surface area contributed by atoms with Crippen molar-refractivity contribution in [3.05, 3.63) is 60.2 Å². The molecule has 23 heavy (non-hydrogen) atoms. The number of nitrogens with zero attached hydrogens (tertiary/aromatic N) is 2. The molecular weight excluding hydrogens is 294 g/mol. The highest BCUT2D eigenvalue weighted by atomic mass is 16.6. The maximum absolute atomic E-state index is 12.1. The van der Waals surface area contributed by atoms with Crippen LogP contribution in [-0.2, 0) is 4.74 Å². The van der Waals surface area contributed by atoms with Gasteiger partial charge in [0.1, 0.15) is 17.7 Å². The molecule has 2 aromatic rings. The average Bonchev–Trinajstić information content (AvgIpc) is 2.52. The SMILES string of the molecule is CC(C)(C)OC(=O)NC(c1ccccn1)C(O)c1ccccn1. The second kappa shape index (κ2) is 7.19. The second-order valence-corrected chi connectivity index (χ2v) is 6.08. The van der Waals surface area contributed by atoms with E-state index in [1.807, 2.05) is 0 Å². The smallest absolute Gasteiger partial charge is 0.408 e. The zero-order chi connectivity index (χ0) is 16.9. The summed E-state index contributed by atoms with van der Waals surface area (Å²) >= 11 is 0. The monoisotopic (exact) mass is 315 g/mol. The van der Waals surface area contributed by atoms with E-state index in [1.165, 1.54) is 0 Å². The number of aromatic nitrogens is 2. The number of amides is 1. The molecule has 2 heterocycles. The topological polar surface area (TPSA) is 84.3 Å². The third-order valence-corrected chi connectivity index (χ3v) is 2.99. The molecule has 0 saturated heterocycles. The third kappa shape index (κ3) is 5.03. The molecule has 2 N–H and O–H groups in total. The Balaban J connectivity index is 2.24. The van der Waals surface area contributed by atoms with E-state index >= 15 is 0 Å². The normalized spacial score (nSPS) is 13.9. The molecule has 0 spiro atoms. The van der Waals surface area contributed by atoms with Gasteiger partial charge < -0.3 is 15.2 Å². The van der Waals surface area contributed by atoms with Crippen LogP contribution in [0.4, 0.5) is 4.79 Å². The van der Waals surface area contributed by atoms with Gasteiger partial charge in [-0.05, 0) is 45.0 Å². The van der Waals surface area contributed by atoms with Gasteiger partial charge in [0, 0.05) is 12.4 Å². The summed E-state index contributed by atoms with van der Waals surface area (Å²) in [4.78, 5) is 20.4. The van der Waals surface area contributed by atoms with Crippen LogP contribution in [-0.4, -0.2) is 26.8 Å². The van der Waals surface area contributed by atoms with Crippen LogP contribution in [0.25, 0.3) is 0 Å². The number of hydrogen-bond donors (Lipinski definition) is 2. The molecule has 0 radical (unpaired) electrons. The summed E-state index contributed by atoms with van der Waals surface area (Å²) in [6, 6.07) is 9.74. The zero-order valence-corrected chi connectivity index (χ0v) is 13.4. The lowest BCUT2D eigenvalue weighted by atomic mass is 10.0. The van der Waals surface area contributed by atoms with E-state index in [1.54, 1.807) is 69.6 Å². The van der Waals surface area contributed by atoms with Gasteiger partial charge in [-0.25, -0.2) is 4.79 Å². The van der Waals surface area contributed by atoms with E-state index < -0.39 is 23.8 Å². The summed E-state index contributed by atoms with van der Waals surface area (Å²) in [5.41, 5.74) is 0.338. The van der Waals surface area contributed by atoms with Gasteiger partial charge in [-0.2, -0.15) is 0 Å². The molecule has 6 nitrogen and oxygen atoms in total. The van der Waals surface area contributed by atoms with Gasteiger partial charge in [-0.3, -0.25) is 9.97 Å². The molecule has 0 fully saturated rings. The molecule has 0 aromatic carbocycles. The van der Waals surface area contributed by atoms with Crippen molar-refractivity contribution >= 4 is 6.09 Å². The van der Waals surface area contributed by atoms with Crippen LogP contribution in [0.1, 0.15) is 44.3 Å². The molecular formula is C17H21N3O3. The Hall–Kier alpha value is -2.47. The lowest BCUT2D eigenvalue weighted by Gasteiger charge is -2.26. The van der Waals surface area contributed by atoms with Crippen LogP contribution < -0.4 is 5.32 Å². The Morgan fingerprint density at radius 1 is 1.09 bits per heavy atom. The molecule has 122 valence electrons. The lowest BCUT2D eigenvalue weighted by molar-refractivity contribution is 0.0411. The fraction of sp³-hybridized carbons (Fsp3) is 0.353. The van der Waals surface area contributed by atoms with Crippen molar-refractivity contribution in [3.63, 3.8) is 0 Å². The molecule has 0 bridgehead atoms. The first-order valence-electron chi connectivity index (χ1n) is 7.36. The maximum Gasteiger partial charge on any atom is 0.408 e. The Bertz CT molecular complexity index is 627. The Morgan fingerprint density at radius 3 is 2.13 bits per heavy atom. The Morgan fingerprint density at radius 2 is 1.65 bits per heavy atom. The molecule has 0 saturated carbocycles. The summed E-state index contributed by atoms with van der Waals surface area (Å²) in [7, 11) is 0. The number of aliphatic hydroxyl groups excluding tert-OH is 1. The van der Waals surface area contributed by atoms with Crippen molar-refractivity contribution in [2.75, 3.05) is 0 Å². The first kappa shape index (κ1) is 16.9. The van der Waals surface area contributed by atoms with E-state index in [0.717, 1.165) is 0 Å². The molecule has 2 rings (SSSR count). The van der Waals surface area contributed by atoms with Gasteiger partial charge in [-0.15, -0.1) is 0 Å². The van der Waals surface area contributed by atoms with Gasteiger partial charge in [0.15, 0.2) is 0 Å². The number of alkyl carbamates (subject to hydrolysis) is 1. The molecule has 0 aliphatic carbocycles. The summed E-state index contributed by atoms with van der Waals surface area (Å²) < 4.78 is 5.27. The molecule has 1 amide bonds. The van der Waals surface area contributed by atoms with Gasteiger partial charge in [0.05, 0.1) is 11.4 Å². The molecule has 2 unspecified atom stereocenters. The van der Waals surface area contributed by atoms with E-state index in [0.29, 0.717) is 11.4 Å². The summed E-state index contributed by atoms with van der Waals surface area (Å²) in [5.74, 6) is 0. The molecule has 0 aliphatic rings. The fourth-order valence-corrected chi connectivity index (χ4v) is 2.03. The molecule has 6 heteroatoms. The summed E-state index contributed by atoms with van der Waals surface area (Å²) in [6.45, 7) is 5.33. The van der Waals surface area contributed by atoms with E-state index in [2.05, 4.69) is 15.3 Å². The Labute approximate surface area is 135 Å². The van der Waals surface area contributed by atoms with Gasteiger partial charge in [0.2, 0.25) is 0 Å². The second-order valence-electron chi connectivity index (χ2n) is 6.08. The zero-order valence-electron chi connectivity index (χ0n) is 13.4. The van der Waals surface area contributed by atoms with Crippen molar-refractivity contribution in [2.24, 2.45) is 0 Å². The van der Waals surface area contributed by atoms with E-state index in [4.69, 9.17) is 4.74 Å². The minimum absolute atomic E-state index is 0.444. The van der Waals surface area contributed by atoms with Crippen LogP contribution in [0.15, 0.2) is 48.8 Å². The van der Waals surface area contributed by atoms with Crippen molar-refractivity contribution < 1.29 is 14.6 Å². The standard InChI is InChI=1S/C17H21N3O3/c1-17(2,3)23-16(22)20-14(12-8-4-6-10-18-12)15(21)13-9-5-7-11-19-13/h4-11,14-15,21H,1-3H3,(H,20,22). The highest BCUT2D eigenvalue weighted by molar-refractivity contribution is 5.68. The van der Waals surface area contributed by atoms with Crippen molar-refractivity contribution in [1.82, 2.24) is 15.3 Å². The molecule has 2 aromatic heterocycles. The largest absolute Gasteiger partial charge is 0.444 e. The van der Waals surface area contributed by atoms with Crippen molar-refractivity contribution in [2.45, 2.75) is 38.5 Å². The predicted molar refractivity (Wildman–Crippen MR) is 85.5 cm³/mol. The third-order valence-electron chi connectivity index (χ3n) is 2.99. The van der Waals surface area contributed by atoms with E-state index in [9.17, 15) is 9.90 Å². The maximum atomic E-state index is 12.1.